The van der Waals surface area contributed by atoms with Crippen molar-refractivity contribution in [3.63, 3.8) is 0 Å². The van der Waals surface area contributed by atoms with Crippen molar-refractivity contribution in [2.24, 2.45) is 5.41 Å². The third kappa shape index (κ3) is 5.02. The fourth-order valence-electron chi connectivity index (χ4n) is 7.01. The van der Waals surface area contributed by atoms with Crippen LogP contribution in [0.5, 0.6) is 0 Å². The van der Waals surface area contributed by atoms with Crippen LogP contribution in [0.2, 0.25) is 0 Å². The van der Waals surface area contributed by atoms with E-state index in [1.165, 1.54) is 30.0 Å². The van der Waals surface area contributed by atoms with Gasteiger partial charge < -0.3 is 14.7 Å². The standard InChI is InChI=1S/C31H33F4N5O2S/c1-5-24(41)40-18(3)12-38(13-19(40)4)28-22-11-23(31(33,34)35)25(20-7-9-21(32)10-8-20)27-26(22)39(29(42)36-28)16-30(17-43-27)14-37(6-2)15-30/h5,7-11,18-19H,1,6,12-17H2,2-4H3/t18-,19+. The molecule has 6 rings (SSSR count). The second-order valence-corrected chi connectivity index (χ2v) is 13.0. The first-order chi connectivity index (χ1) is 20.4. The molecule has 0 bridgehead atoms. The Hall–Kier alpha value is -3.38. The van der Waals surface area contributed by atoms with Crippen molar-refractivity contribution >= 4 is 34.4 Å². The van der Waals surface area contributed by atoms with E-state index in [9.17, 15) is 27.2 Å². The lowest BCUT2D eigenvalue weighted by Crippen LogP contribution is -2.60. The second kappa shape index (κ2) is 10.7. The maximum atomic E-state index is 14.9. The predicted octanol–water partition coefficient (Wildman–Crippen LogP) is 5.26. The Bertz CT molecular complexity index is 1650. The molecule has 7 nitrogen and oxygen atoms in total. The molecule has 0 N–H and O–H groups in total. The fraction of sp³-hybridized carbons (Fsp3) is 0.452. The van der Waals surface area contributed by atoms with Gasteiger partial charge in [0.05, 0.1) is 11.1 Å². The molecular weight excluding hydrogens is 582 g/mol. The number of carbonyl (C=O) groups excluding carboxylic acids is 1. The van der Waals surface area contributed by atoms with E-state index >= 15 is 0 Å². The Balaban J connectivity index is 1.61. The SMILES string of the molecule is C=CC(=O)N1[C@H](C)CN(c2nc(=O)n3c4c(c(-c5ccc(F)cc5)c(C(F)(F)F)cc24)SCC2(CN(CC)C2)C3)C[C@@H]1C. The number of halogens is 4. The summed E-state index contributed by atoms with van der Waals surface area (Å²) in [4.78, 5) is 36.9. The Labute approximate surface area is 251 Å². The third-order valence-corrected chi connectivity index (χ3v) is 10.3. The van der Waals surface area contributed by atoms with Crippen molar-refractivity contribution in [1.29, 1.82) is 0 Å². The summed E-state index contributed by atoms with van der Waals surface area (Å²) in [6, 6.07) is 5.53. The zero-order valence-electron chi connectivity index (χ0n) is 24.2. The summed E-state index contributed by atoms with van der Waals surface area (Å²) in [5.74, 6) is -0.0717. The zero-order chi connectivity index (χ0) is 30.8. The van der Waals surface area contributed by atoms with Gasteiger partial charge in [0.2, 0.25) is 5.91 Å². The highest BCUT2D eigenvalue weighted by molar-refractivity contribution is 7.99. The van der Waals surface area contributed by atoms with Gasteiger partial charge in [-0.1, -0.05) is 25.6 Å². The van der Waals surface area contributed by atoms with Crippen molar-refractivity contribution < 1.29 is 22.4 Å². The molecule has 3 aromatic rings. The molecule has 0 aliphatic carbocycles. The van der Waals surface area contributed by atoms with Crippen molar-refractivity contribution in [1.82, 2.24) is 19.4 Å². The summed E-state index contributed by atoms with van der Waals surface area (Å²) in [5, 5.41) is 0.243. The molecule has 228 valence electrons. The van der Waals surface area contributed by atoms with Crippen LogP contribution in [0.4, 0.5) is 23.4 Å². The molecule has 12 heteroatoms. The van der Waals surface area contributed by atoms with Crippen molar-refractivity contribution in [2.45, 2.75) is 50.5 Å². The average molecular weight is 616 g/mol. The van der Waals surface area contributed by atoms with Crippen molar-refractivity contribution in [3.8, 4) is 11.1 Å². The largest absolute Gasteiger partial charge is 0.417 e. The van der Waals surface area contributed by atoms with Gasteiger partial charge >= 0.3 is 11.9 Å². The number of piperazine rings is 1. The molecular formula is C31H33F4N5O2S. The van der Waals surface area contributed by atoms with Crippen molar-refractivity contribution in [2.75, 3.05) is 43.4 Å². The maximum Gasteiger partial charge on any atom is 0.417 e. The van der Waals surface area contributed by atoms with Gasteiger partial charge in [0.15, 0.2) is 0 Å². The van der Waals surface area contributed by atoms with E-state index in [1.807, 2.05) is 18.7 Å². The Kier molecular flexibility index (Phi) is 7.36. The van der Waals surface area contributed by atoms with E-state index < -0.39 is 23.2 Å². The molecule has 3 aliphatic rings. The summed E-state index contributed by atoms with van der Waals surface area (Å²) in [7, 11) is 0. The monoisotopic (exact) mass is 615 g/mol. The van der Waals surface area contributed by atoms with Gasteiger partial charge in [-0.25, -0.2) is 9.18 Å². The van der Waals surface area contributed by atoms with Gasteiger partial charge in [-0.3, -0.25) is 9.36 Å². The molecule has 0 saturated carbocycles. The number of amides is 1. The highest BCUT2D eigenvalue weighted by Gasteiger charge is 2.46. The number of likely N-dealkylation sites (tertiary alicyclic amines) is 1. The molecule has 0 unspecified atom stereocenters. The first kappa shape index (κ1) is 29.7. The maximum absolute atomic E-state index is 14.9. The molecule has 2 fully saturated rings. The number of hydrogen-bond donors (Lipinski definition) is 0. The minimum atomic E-state index is -4.73. The van der Waals surface area contributed by atoms with E-state index in [1.54, 1.807) is 9.47 Å². The molecule has 0 radical (unpaired) electrons. The van der Waals surface area contributed by atoms with Crippen LogP contribution in [0.15, 0.2) is 52.7 Å². The summed E-state index contributed by atoms with van der Waals surface area (Å²) in [5.41, 5.74) is -1.07. The number of benzene rings is 2. The number of aromatic nitrogens is 2. The number of alkyl halides is 3. The number of anilines is 1. The lowest BCUT2D eigenvalue weighted by atomic mass is 9.81. The number of thioether (sulfide) groups is 1. The van der Waals surface area contributed by atoms with Crippen LogP contribution in [0.25, 0.3) is 22.0 Å². The first-order valence-corrected chi connectivity index (χ1v) is 15.3. The van der Waals surface area contributed by atoms with Gasteiger partial charge in [0.1, 0.15) is 11.6 Å². The van der Waals surface area contributed by atoms with E-state index in [4.69, 9.17) is 0 Å². The molecule has 1 spiro atoms. The van der Waals surface area contributed by atoms with Gasteiger partial charge in [-0.05, 0) is 50.2 Å². The molecule has 43 heavy (non-hydrogen) atoms. The Morgan fingerprint density at radius 3 is 2.37 bits per heavy atom. The molecule has 2 atom stereocenters. The van der Waals surface area contributed by atoms with Crippen molar-refractivity contribution in [3.05, 3.63) is 64.9 Å². The molecule has 1 aromatic heterocycles. The number of carbonyl (C=O) groups is 1. The lowest BCUT2D eigenvalue weighted by molar-refractivity contribution is -0.137. The number of nitrogens with zero attached hydrogens (tertiary/aromatic N) is 5. The van der Waals surface area contributed by atoms with E-state index in [2.05, 4.69) is 23.4 Å². The minimum Gasteiger partial charge on any atom is -0.352 e. The van der Waals surface area contributed by atoms with Crippen LogP contribution >= 0.6 is 11.8 Å². The second-order valence-electron chi connectivity index (χ2n) is 12.0. The summed E-state index contributed by atoms with van der Waals surface area (Å²) in [6.07, 6.45) is -3.48. The van der Waals surface area contributed by atoms with Gasteiger partial charge in [0.25, 0.3) is 0 Å². The van der Waals surface area contributed by atoms with Crippen LogP contribution in [-0.4, -0.2) is 75.8 Å². The van der Waals surface area contributed by atoms with Crippen LogP contribution in [0.1, 0.15) is 26.3 Å². The minimum absolute atomic E-state index is 0.0536. The van der Waals surface area contributed by atoms with Crippen LogP contribution < -0.4 is 10.6 Å². The molecule has 2 saturated heterocycles. The van der Waals surface area contributed by atoms with Gasteiger partial charge in [-0.15, -0.1) is 11.8 Å². The van der Waals surface area contributed by atoms with E-state index in [0.29, 0.717) is 22.7 Å². The fourth-order valence-corrected chi connectivity index (χ4v) is 8.46. The molecule has 1 amide bonds. The van der Waals surface area contributed by atoms with Gasteiger partial charge in [0, 0.05) is 71.8 Å². The summed E-state index contributed by atoms with van der Waals surface area (Å²) < 4.78 is 60.2. The smallest absolute Gasteiger partial charge is 0.352 e. The molecule has 3 aliphatic heterocycles. The van der Waals surface area contributed by atoms with E-state index in [0.717, 1.165) is 37.8 Å². The van der Waals surface area contributed by atoms with Crippen LogP contribution in [0.3, 0.4) is 0 Å². The number of rotatable bonds is 4. The normalized spacial score (nSPS) is 22.0. The molecule has 2 aromatic carbocycles. The van der Waals surface area contributed by atoms with Crippen LogP contribution in [-0.2, 0) is 17.5 Å². The topological polar surface area (TPSA) is 61.7 Å². The molecule has 4 heterocycles. The lowest BCUT2D eigenvalue weighted by Gasteiger charge is -2.49. The average Bonchev–Trinajstić information content (AvgIpc) is 3.12. The Morgan fingerprint density at radius 2 is 1.79 bits per heavy atom. The highest BCUT2D eigenvalue weighted by atomic mass is 32.2. The van der Waals surface area contributed by atoms with Crippen LogP contribution in [0, 0.1) is 11.2 Å². The van der Waals surface area contributed by atoms with E-state index in [-0.39, 0.29) is 58.8 Å². The first-order valence-electron chi connectivity index (χ1n) is 14.4. The third-order valence-electron chi connectivity index (χ3n) is 8.87. The summed E-state index contributed by atoms with van der Waals surface area (Å²) >= 11 is 1.34. The summed E-state index contributed by atoms with van der Waals surface area (Å²) in [6.45, 7) is 12.6. The highest BCUT2D eigenvalue weighted by Crippen LogP contribution is 2.51. The number of hydrogen-bond acceptors (Lipinski definition) is 6. The predicted molar refractivity (Wildman–Crippen MR) is 160 cm³/mol. The van der Waals surface area contributed by atoms with Gasteiger partial charge in [-0.2, -0.15) is 18.2 Å². The Morgan fingerprint density at radius 1 is 1.14 bits per heavy atom. The zero-order valence-corrected chi connectivity index (χ0v) is 25.1. The quantitative estimate of drug-likeness (QED) is 0.295.